The van der Waals surface area contributed by atoms with Crippen LogP contribution < -0.4 is 14.4 Å². The van der Waals surface area contributed by atoms with E-state index in [1.54, 1.807) is 25.1 Å². The minimum absolute atomic E-state index is 0.0834. The Hall–Kier alpha value is -3.49. The Labute approximate surface area is 199 Å². The molecule has 0 amide bonds. The van der Waals surface area contributed by atoms with Crippen molar-refractivity contribution in [1.82, 2.24) is 0 Å². The van der Waals surface area contributed by atoms with E-state index in [0.29, 0.717) is 24.3 Å². The first kappa shape index (κ1) is 25.1. The van der Waals surface area contributed by atoms with Crippen LogP contribution in [0.5, 0.6) is 17.2 Å². The standard InChI is InChI=1S/C26H31NO7/c1-6-21(34-17(2)19-15-22(30-3)24(28)23(16-19)31-4)25(29)26(32-5)18-7-9-20(10-8-18)27-11-13-33-14-12-27/h6-10,15-16,26,28H,2,11-14H2,1,3-5H3. The molecule has 1 aliphatic rings. The molecule has 0 radical (unpaired) electrons. The molecule has 0 spiro atoms. The summed E-state index contributed by atoms with van der Waals surface area (Å²) in [4.78, 5) is 15.5. The van der Waals surface area contributed by atoms with Gasteiger partial charge in [0, 0.05) is 31.5 Å². The van der Waals surface area contributed by atoms with Gasteiger partial charge in [0.2, 0.25) is 11.5 Å². The number of carbonyl (C=O) groups is 1. The lowest BCUT2D eigenvalue weighted by Crippen LogP contribution is -2.36. The third kappa shape index (κ3) is 5.52. The molecule has 8 nitrogen and oxygen atoms in total. The van der Waals surface area contributed by atoms with Crippen LogP contribution in [0.3, 0.4) is 0 Å². The molecule has 1 saturated heterocycles. The highest BCUT2D eigenvalue weighted by Gasteiger charge is 2.26. The largest absolute Gasteiger partial charge is 0.502 e. The molecule has 3 rings (SSSR count). The van der Waals surface area contributed by atoms with E-state index in [-0.39, 0.29) is 34.6 Å². The van der Waals surface area contributed by atoms with Crippen LogP contribution in [-0.2, 0) is 19.0 Å². The van der Waals surface area contributed by atoms with Crippen molar-refractivity contribution >= 4 is 17.2 Å². The summed E-state index contributed by atoms with van der Waals surface area (Å²) in [7, 11) is 4.34. The number of hydrogen-bond acceptors (Lipinski definition) is 8. The summed E-state index contributed by atoms with van der Waals surface area (Å²) in [5.74, 6) is 0.188. The predicted molar refractivity (Wildman–Crippen MR) is 129 cm³/mol. The number of rotatable bonds is 10. The maximum atomic E-state index is 13.3. The molecule has 2 aromatic rings. The van der Waals surface area contributed by atoms with Crippen molar-refractivity contribution in [3.8, 4) is 17.2 Å². The second-order valence-electron chi connectivity index (χ2n) is 7.58. The number of phenols is 1. The van der Waals surface area contributed by atoms with E-state index in [0.717, 1.165) is 18.8 Å². The first-order chi connectivity index (χ1) is 16.4. The number of hydrogen-bond donors (Lipinski definition) is 1. The molecule has 1 fully saturated rings. The van der Waals surface area contributed by atoms with Gasteiger partial charge < -0.3 is 33.7 Å². The topological polar surface area (TPSA) is 86.7 Å². The molecule has 34 heavy (non-hydrogen) atoms. The number of Topliss-reactive ketones (excluding diaryl/α,β-unsaturated/α-hetero) is 1. The van der Waals surface area contributed by atoms with Crippen LogP contribution in [0.2, 0.25) is 0 Å². The van der Waals surface area contributed by atoms with Gasteiger partial charge in [0.1, 0.15) is 11.9 Å². The van der Waals surface area contributed by atoms with E-state index in [2.05, 4.69) is 11.5 Å². The Kier molecular flexibility index (Phi) is 8.56. The Morgan fingerprint density at radius 2 is 1.68 bits per heavy atom. The second-order valence-corrected chi connectivity index (χ2v) is 7.58. The van der Waals surface area contributed by atoms with Gasteiger partial charge in [-0.15, -0.1) is 0 Å². The van der Waals surface area contributed by atoms with Crippen molar-refractivity contribution in [3.05, 3.63) is 65.9 Å². The van der Waals surface area contributed by atoms with Crippen molar-refractivity contribution in [2.75, 3.05) is 52.5 Å². The Bertz CT molecular complexity index is 1010. The zero-order chi connectivity index (χ0) is 24.7. The van der Waals surface area contributed by atoms with Crippen molar-refractivity contribution in [2.45, 2.75) is 13.0 Å². The summed E-state index contributed by atoms with van der Waals surface area (Å²) in [6, 6.07) is 10.8. The number of aromatic hydroxyl groups is 1. The van der Waals surface area contributed by atoms with Gasteiger partial charge in [-0.2, -0.15) is 0 Å². The molecule has 1 N–H and O–H groups in total. The van der Waals surface area contributed by atoms with Gasteiger partial charge in [-0.1, -0.05) is 18.7 Å². The summed E-state index contributed by atoms with van der Waals surface area (Å²) < 4.78 is 27.1. The predicted octanol–water partition coefficient (Wildman–Crippen LogP) is 4.09. The average Bonchev–Trinajstić information content (AvgIpc) is 2.88. The highest BCUT2D eigenvalue weighted by atomic mass is 16.5. The zero-order valence-electron chi connectivity index (χ0n) is 20.0. The molecule has 0 aromatic heterocycles. The van der Waals surface area contributed by atoms with Gasteiger partial charge in [0.15, 0.2) is 17.3 Å². The molecule has 1 aliphatic heterocycles. The van der Waals surface area contributed by atoms with Crippen LogP contribution in [0.1, 0.15) is 24.2 Å². The number of nitrogens with zero attached hydrogens (tertiary/aromatic N) is 1. The van der Waals surface area contributed by atoms with Gasteiger partial charge in [0.05, 0.1) is 27.4 Å². The van der Waals surface area contributed by atoms with Crippen LogP contribution in [0.25, 0.3) is 5.76 Å². The third-order valence-electron chi connectivity index (χ3n) is 5.59. The van der Waals surface area contributed by atoms with Crippen molar-refractivity contribution in [3.63, 3.8) is 0 Å². The number of morpholine rings is 1. The summed E-state index contributed by atoms with van der Waals surface area (Å²) in [5.41, 5.74) is 2.27. The number of anilines is 1. The van der Waals surface area contributed by atoms with Crippen LogP contribution >= 0.6 is 0 Å². The quantitative estimate of drug-likeness (QED) is 0.411. The normalized spacial score (nSPS) is 14.9. The number of ketones is 1. The Morgan fingerprint density at radius 3 is 2.18 bits per heavy atom. The van der Waals surface area contributed by atoms with E-state index >= 15 is 0 Å². The monoisotopic (exact) mass is 469 g/mol. The number of carbonyl (C=O) groups excluding carboxylic acids is 1. The van der Waals surface area contributed by atoms with E-state index in [4.69, 9.17) is 23.7 Å². The molecule has 2 aromatic carbocycles. The summed E-state index contributed by atoms with van der Waals surface area (Å²) >= 11 is 0. The lowest BCUT2D eigenvalue weighted by molar-refractivity contribution is -0.127. The SMILES string of the molecule is C=C(OC(=CC)C(=O)C(OC)c1ccc(N2CCOCC2)cc1)c1cc(OC)c(O)c(OC)c1. The van der Waals surface area contributed by atoms with Crippen LogP contribution in [0.15, 0.2) is 54.8 Å². The number of methoxy groups -OCH3 is 3. The molecule has 1 heterocycles. The number of benzene rings is 2. The van der Waals surface area contributed by atoms with E-state index < -0.39 is 6.10 Å². The molecular formula is C26H31NO7. The highest BCUT2D eigenvalue weighted by molar-refractivity contribution is 5.98. The Morgan fingerprint density at radius 1 is 1.09 bits per heavy atom. The first-order valence-electron chi connectivity index (χ1n) is 10.9. The molecule has 0 bridgehead atoms. The maximum absolute atomic E-state index is 13.3. The van der Waals surface area contributed by atoms with Gasteiger partial charge in [0.25, 0.3) is 0 Å². The van der Waals surface area contributed by atoms with Gasteiger partial charge in [-0.25, -0.2) is 0 Å². The van der Waals surface area contributed by atoms with Crippen LogP contribution in [-0.4, -0.2) is 58.5 Å². The lowest BCUT2D eigenvalue weighted by atomic mass is 10.0. The van der Waals surface area contributed by atoms with Gasteiger partial charge >= 0.3 is 0 Å². The number of phenolic OH excluding ortho intramolecular Hbond substituents is 1. The fourth-order valence-electron chi connectivity index (χ4n) is 3.70. The Balaban J connectivity index is 1.76. The van der Waals surface area contributed by atoms with Gasteiger partial charge in [-0.05, 0) is 42.8 Å². The zero-order valence-corrected chi connectivity index (χ0v) is 20.0. The first-order valence-corrected chi connectivity index (χ1v) is 10.9. The molecule has 1 unspecified atom stereocenters. The summed E-state index contributed by atoms with van der Waals surface area (Å²) in [6.07, 6.45) is 0.720. The molecule has 1 atom stereocenters. The maximum Gasteiger partial charge on any atom is 0.230 e. The molecule has 0 saturated carbocycles. The molecule has 0 aliphatic carbocycles. The van der Waals surface area contributed by atoms with Crippen molar-refractivity contribution in [1.29, 1.82) is 0 Å². The van der Waals surface area contributed by atoms with E-state index in [9.17, 15) is 9.90 Å². The third-order valence-corrected chi connectivity index (χ3v) is 5.59. The lowest BCUT2D eigenvalue weighted by Gasteiger charge is -2.29. The van der Waals surface area contributed by atoms with Crippen LogP contribution in [0.4, 0.5) is 5.69 Å². The molecule has 182 valence electrons. The summed E-state index contributed by atoms with van der Waals surface area (Å²) in [5, 5.41) is 10.1. The summed E-state index contributed by atoms with van der Waals surface area (Å²) in [6.45, 7) is 8.70. The number of allylic oxidation sites excluding steroid dienone is 1. The van der Waals surface area contributed by atoms with E-state index in [1.165, 1.54) is 21.3 Å². The highest BCUT2D eigenvalue weighted by Crippen LogP contribution is 2.39. The van der Waals surface area contributed by atoms with E-state index in [1.807, 2.05) is 24.3 Å². The number of ether oxygens (including phenoxy) is 5. The minimum atomic E-state index is -0.846. The minimum Gasteiger partial charge on any atom is -0.502 e. The molecular weight excluding hydrogens is 438 g/mol. The fourth-order valence-corrected chi connectivity index (χ4v) is 3.70. The second kappa shape index (κ2) is 11.6. The van der Waals surface area contributed by atoms with Gasteiger partial charge in [-0.3, -0.25) is 4.79 Å². The fraction of sp³-hybridized carbons (Fsp3) is 0.346. The smallest absolute Gasteiger partial charge is 0.230 e. The average molecular weight is 470 g/mol. The molecule has 8 heteroatoms. The van der Waals surface area contributed by atoms with Crippen LogP contribution in [0, 0.1) is 0 Å². The van der Waals surface area contributed by atoms with Crippen molar-refractivity contribution < 1.29 is 33.6 Å². The van der Waals surface area contributed by atoms with Crippen molar-refractivity contribution in [2.24, 2.45) is 0 Å².